The highest BCUT2D eigenvalue weighted by Crippen LogP contribution is 2.39. The minimum absolute atomic E-state index is 0.0692. The standard InChI is InChI=1S/C29H37N5O7/c1-6-24-32-27(18-7-9-19(39-5)10-8-18)33-34(24)12-11-29(3,4)30-15-23(36)21-13-20(41-28(38)17(2)35)14-22-26(21)40-16-25(37)31-22/h7-10,13-14,17,23,30,35-36H,6,11-12,15-16H2,1-5H3,(H,31,37). The minimum atomic E-state index is -1.33. The van der Waals surface area contributed by atoms with Crippen LogP contribution in [0.2, 0.25) is 0 Å². The summed E-state index contributed by atoms with van der Waals surface area (Å²) in [6, 6.07) is 10.5. The van der Waals surface area contributed by atoms with Gasteiger partial charge in [-0.25, -0.2) is 14.5 Å². The van der Waals surface area contributed by atoms with Crippen LogP contribution in [0, 0.1) is 0 Å². The predicted octanol–water partition coefficient (Wildman–Crippen LogP) is 2.63. The Balaban J connectivity index is 1.44. The van der Waals surface area contributed by atoms with E-state index in [1.165, 1.54) is 19.1 Å². The van der Waals surface area contributed by atoms with E-state index in [0.717, 1.165) is 23.6 Å². The zero-order valence-electron chi connectivity index (χ0n) is 23.9. The number of aliphatic hydroxyl groups is 2. The summed E-state index contributed by atoms with van der Waals surface area (Å²) in [4.78, 5) is 28.5. The number of amides is 1. The molecule has 0 radical (unpaired) electrons. The van der Waals surface area contributed by atoms with E-state index in [1.54, 1.807) is 7.11 Å². The number of β-amino-alcohol motifs (C(OH)–C–C–N with tert-alkyl or cyclic N) is 1. The first-order valence-electron chi connectivity index (χ1n) is 13.5. The second-order valence-electron chi connectivity index (χ2n) is 10.5. The van der Waals surface area contributed by atoms with Crippen molar-refractivity contribution in [1.29, 1.82) is 0 Å². The SMILES string of the molecule is CCc1nc(-c2ccc(OC)cc2)nn1CCC(C)(C)NCC(O)c1cc(OC(=O)C(C)O)cc2c1OCC(=O)N2. The zero-order chi connectivity index (χ0) is 29.7. The topological polar surface area (TPSA) is 157 Å². The van der Waals surface area contributed by atoms with Crippen LogP contribution in [-0.2, 0) is 22.6 Å². The van der Waals surface area contributed by atoms with E-state index in [1.807, 2.05) is 49.7 Å². The van der Waals surface area contributed by atoms with Crippen LogP contribution in [0.1, 0.15) is 51.6 Å². The van der Waals surface area contributed by atoms with Gasteiger partial charge in [0.2, 0.25) is 0 Å². The number of hydrogen-bond acceptors (Lipinski definition) is 10. The highest BCUT2D eigenvalue weighted by atomic mass is 16.5. The third kappa shape index (κ3) is 7.40. The van der Waals surface area contributed by atoms with Crippen molar-refractivity contribution in [2.75, 3.05) is 25.6 Å². The molecule has 0 saturated carbocycles. The molecule has 4 rings (SSSR count). The normalized spacial score (nSPS) is 14.5. The van der Waals surface area contributed by atoms with Gasteiger partial charge in [-0.1, -0.05) is 6.92 Å². The van der Waals surface area contributed by atoms with Gasteiger partial charge in [-0.3, -0.25) is 4.79 Å². The molecule has 3 aromatic rings. The van der Waals surface area contributed by atoms with Crippen LogP contribution in [0.5, 0.6) is 17.2 Å². The van der Waals surface area contributed by atoms with Crippen LogP contribution in [0.15, 0.2) is 36.4 Å². The molecule has 0 bridgehead atoms. The van der Waals surface area contributed by atoms with Crippen molar-refractivity contribution in [3.05, 3.63) is 47.8 Å². The van der Waals surface area contributed by atoms with E-state index in [9.17, 15) is 19.8 Å². The molecule has 0 fully saturated rings. The Morgan fingerprint density at radius 3 is 2.61 bits per heavy atom. The van der Waals surface area contributed by atoms with Gasteiger partial charge in [0, 0.05) is 42.2 Å². The average Bonchev–Trinajstić information content (AvgIpc) is 3.37. The van der Waals surface area contributed by atoms with Gasteiger partial charge in [-0.2, -0.15) is 5.10 Å². The number of esters is 1. The van der Waals surface area contributed by atoms with Crippen molar-refractivity contribution in [3.8, 4) is 28.6 Å². The molecular weight excluding hydrogens is 530 g/mol. The van der Waals surface area contributed by atoms with Crippen LogP contribution in [0.3, 0.4) is 0 Å². The molecule has 2 heterocycles. The molecule has 2 unspecified atom stereocenters. The van der Waals surface area contributed by atoms with Gasteiger partial charge in [0.1, 0.15) is 29.2 Å². The van der Waals surface area contributed by atoms with Crippen LogP contribution in [0.4, 0.5) is 5.69 Å². The van der Waals surface area contributed by atoms with Crippen molar-refractivity contribution in [3.63, 3.8) is 0 Å². The molecule has 12 heteroatoms. The van der Waals surface area contributed by atoms with Crippen molar-refractivity contribution in [2.24, 2.45) is 0 Å². The van der Waals surface area contributed by atoms with E-state index in [0.29, 0.717) is 30.1 Å². The van der Waals surface area contributed by atoms with Crippen molar-refractivity contribution in [1.82, 2.24) is 20.1 Å². The smallest absolute Gasteiger partial charge is 0.340 e. The van der Waals surface area contributed by atoms with Crippen molar-refractivity contribution in [2.45, 2.75) is 64.8 Å². The predicted molar refractivity (Wildman–Crippen MR) is 151 cm³/mol. The molecule has 4 N–H and O–H groups in total. The van der Waals surface area contributed by atoms with Gasteiger partial charge in [-0.05, 0) is 57.5 Å². The second kappa shape index (κ2) is 12.7. The lowest BCUT2D eigenvalue weighted by molar-refractivity contribution is -0.142. The Bertz CT molecular complexity index is 1380. The number of aliphatic hydroxyl groups excluding tert-OH is 2. The van der Waals surface area contributed by atoms with Crippen LogP contribution in [-0.4, -0.2) is 68.8 Å². The van der Waals surface area contributed by atoms with Gasteiger partial charge in [0.05, 0.1) is 18.9 Å². The lowest BCUT2D eigenvalue weighted by atomic mass is 9.99. The second-order valence-corrected chi connectivity index (χ2v) is 10.5. The van der Waals surface area contributed by atoms with E-state index in [4.69, 9.17) is 24.3 Å². The molecule has 1 aromatic heterocycles. The fourth-order valence-electron chi connectivity index (χ4n) is 4.34. The number of anilines is 1. The number of nitrogens with one attached hydrogen (secondary N) is 2. The summed E-state index contributed by atoms with van der Waals surface area (Å²) in [5.41, 5.74) is 1.12. The van der Waals surface area contributed by atoms with Crippen LogP contribution >= 0.6 is 0 Å². The molecule has 220 valence electrons. The molecule has 0 saturated heterocycles. The molecule has 2 aromatic carbocycles. The number of ether oxygens (including phenoxy) is 3. The molecule has 12 nitrogen and oxygen atoms in total. The first-order chi connectivity index (χ1) is 19.5. The van der Waals surface area contributed by atoms with Gasteiger partial charge < -0.3 is 35.1 Å². The molecule has 41 heavy (non-hydrogen) atoms. The van der Waals surface area contributed by atoms with E-state index in [2.05, 4.69) is 10.6 Å². The number of fused-ring (bicyclic) bond motifs is 1. The maximum absolute atomic E-state index is 11.9. The summed E-state index contributed by atoms with van der Waals surface area (Å²) in [5, 5.41) is 31.4. The third-order valence-corrected chi connectivity index (χ3v) is 6.77. The minimum Gasteiger partial charge on any atom is -0.497 e. The first-order valence-corrected chi connectivity index (χ1v) is 13.5. The molecular formula is C29H37N5O7. The highest BCUT2D eigenvalue weighted by Gasteiger charge is 2.27. The quantitative estimate of drug-likeness (QED) is 0.189. The van der Waals surface area contributed by atoms with Crippen molar-refractivity contribution >= 4 is 17.6 Å². The van der Waals surface area contributed by atoms with Crippen LogP contribution in [0.25, 0.3) is 11.4 Å². The van der Waals surface area contributed by atoms with Crippen LogP contribution < -0.4 is 24.8 Å². The average molecular weight is 568 g/mol. The molecule has 1 amide bonds. The zero-order valence-corrected chi connectivity index (χ0v) is 23.9. The molecule has 0 aliphatic carbocycles. The molecule has 1 aliphatic heterocycles. The fraction of sp³-hybridized carbons (Fsp3) is 0.448. The number of rotatable bonds is 12. The summed E-state index contributed by atoms with van der Waals surface area (Å²) >= 11 is 0. The molecule has 1 aliphatic rings. The number of carbonyl (C=O) groups excluding carboxylic acids is 2. The largest absolute Gasteiger partial charge is 0.497 e. The molecule has 2 atom stereocenters. The summed E-state index contributed by atoms with van der Waals surface area (Å²) in [6.45, 7) is 7.94. The first kappa shape index (κ1) is 30.0. The van der Waals surface area contributed by atoms with Crippen molar-refractivity contribution < 1.29 is 34.0 Å². The van der Waals surface area contributed by atoms with E-state index < -0.39 is 23.7 Å². The number of aromatic nitrogens is 3. The van der Waals surface area contributed by atoms with E-state index in [-0.39, 0.29) is 30.5 Å². The number of methoxy groups -OCH3 is 1. The van der Waals surface area contributed by atoms with Gasteiger partial charge in [0.25, 0.3) is 5.91 Å². The highest BCUT2D eigenvalue weighted by molar-refractivity contribution is 5.96. The van der Waals surface area contributed by atoms with Gasteiger partial charge in [-0.15, -0.1) is 0 Å². The fourth-order valence-corrected chi connectivity index (χ4v) is 4.34. The summed E-state index contributed by atoms with van der Waals surface area (Å²) < 4.78 is 18.0. The van der Waals surface area contributed by atoms with Gasteiger partial charge in [0.15, 0.2) is 12.4 Å². The Hall–Kier alpha value is -4.00. The number of aryl methyl sites for hydroxylation is 2. The Kier molecular flexibility index (Phi) is 9.26. The number of carbonyl (C=O) groups is 2. The van der Waals surface area contributed by atoms with Gasteiger partial charge >= 0.3 is 5.97 Å². The number of benzene rings is 2. The summed E-state index contributed by atoms with van der Waals surface area (Å²) in [5.74, 6) is 1.44. The third-order valence-electron chi connectivity index (χ3n) is 6.77. The Labute approximate surface area is 238 Å². The Morgan fingerprint density at radius 2 is 1.95 bits per heavy atom. The number of nitrogens with zero attached hydrogens (tertiary/aromatic N) is 3. The lowest BCUT2D eigenvalue weighted by Gasteiger charge is -2.29. The summed E-state index contributed by atoms with van der Waals surface area (Å²) in [6.07, 6.45) is -0.969. The van der Waals surface area contributed by atoms with E-state index >= 15 is 0 Å². The summed E-state index contributed by atoms with van der Waals surface area (Å²) in [7, 11) is 1.63. The number of hydrogen-bond donors (Lipinski definition) is 4. The maximum Gasteiger partial charge on any atom is 0.340 e. The Morgan fingerprint density at radius 1 is 1.22 bits per heavy atom. The maximum atomic E-state index is 11.9. The lowest BCUT2D eigenvalue weighted by Crippen LogP contribution is -2.42. The monoisotopic (exact) mass is 567 g/mol. The molecule has 0 spiro atoms.